The van der Waals surface area contributed by atoms with Crippen LogP contribution >= 0.6 is 12.2 Å². The van der Waals surface area contributed by atoms with Gasteiger partial charge in [-0.25, -0.2) is 4.99 Å². The van der Waals surface area contributed by atoms with Crippen LogP contribution in [0, 0.1) is 0 Å². The molecule has 0 bridgehead atoms. The van der Waals surface area contributed by atoms with Crippen molar-refractivity contribution >= 4 is 51.9 Å². The Labute approximate surface area is 240 Å². The summed E-state index contributed by atoms with van der Waals surface area (Å²) < 4.78 is 42.6. The highest BCUT2D eigenvalue weighted by molar-refractivity contribution is 7.80. The van der Waals surface area contributed by atoms with Gasteiger partial charge in [-0.05, 0) is 65.2 Å². The Morgan fingerprint density at radius 3 is 2.54 bits per heavy atom. The molecule has 214 valence electrons. The summed E-state index contributed by atoms with van der Waals surface area (Å²) in [5.41, 5.74) is 13.3. The Bertz CT molecular complexity index is 1580. The van der Waals surface area contributed by atoms with Crippen molar-refractivity contribution in [2.45, 2.75) is 32.7 Å². The highest BCUT2D eigenvalue weighted by Gasteiger charge is 2.30. The largest absolute Gasteiger partial charge is 0.573 e. The molecular formula is C28H29F3N8OS. The minimum Gasteiger partial charge on any atom is -0.406 e. The quantitative estimate of drug-likeness (QED) is 0.0893. The SMILES string of the molecule is CC(C)c1ccccc1NC(=S)N/N=C/c1ccc2c(NC(N)=NCc3ccc(OC(F)(F)F)cc3)nn(C)c2c1. The van der Waals surface area contributed by atoms with Crippen molar-refractivity contribution in [3.8, 4) is 5.75 Å². The maximum absolute atomic E-state index is 12.3. The maximum Gasteiger partial charge on any atom is 0.573 e. The molecule has 4 aromatic rings. The normalized spacial score (nSPS) is 12.2. The van der Waals surface area contributed by atoms with Crippen LogP contribution in [0.15, 0.2) is 76.8 Å². The van der Waals surface area contributed by atoms with E-state index >= 15 is 0 Å². The number of hydrogen-bond donors (Lipinski definition) is 4. The molecule has 0 aliphatic carbocycles. The number of rotatable bonds is 8. The molecule has 0 fully saturated rings. The van der Waals surface area contributed by atoms with Gasteiger partial charge in [0.25, 0.3) is 0 Å². The van der Waals surface area contributed by atoms with Gasteiger partial charge in [-0.2, -0.15) is 10.2 Å². The van der Waals surface area contributed by atoms with Crippen LogP contribution in [0.3, 0.4) is 0 Å². The number of para-hydroxylation sites is 1. The fourth-order valence-corrected chi connectivity index (χ4v) is 4.17. The van der Waals surface area contributed by atoms with Gasteiger partial charge in [-0.15, -0.1) is 13.2 Å². The molecule has 0 atom stereocenters. The number of alkyl halides is 3. The van der Waals surface area contributed by atoms with Crippen LogP contribution < -0.4 is 26.5 Å². The number of nitrogens with one attached hydrogen (secondary N) is 3. The lowest BCUT2D eigenvalue weighted by molar-refractivity contribution is -0.274. The van der Waals surface area contributed by atoms with Gasteiger partial charge in [0.1, 0.15) is 5.75 Å². The van der Waals surface area contributed by atoms with E-state index in [1.165, 1.54) is 24.3 Å². The molecule has 0 spiro atoms. The van der Waals surface area contributed by atoms with Crippen LogP contribution in [0.2, 0.25) is 0 Å². The number of anilines is 2. The summed E-state index contributed by atoms with van der Waals surface area (Å²) in [5, 5.41) is 16.1. The van der Waals surface area contributed by atoms with E-state index < -0.39 is 6.36 Å². The Morgan fingerprint density at radius 1 is 1.10 bits per heavy atom. The van der Waals surface area contributed by atoms with Crippen LogP contribution in [0.1, 0.15) is 36.5 Å². The monoisotopic (exact) mass is 582 g/mol. The molecule has 3 aromatic carbocycles. The van der Waals surface area contributed by atoms with E-state index in [0.29, 0.717) is 22.4 Å². The fraction of sp³-hybridized carbons (Fsp3) is 0.214. The molecule has 4 rings (SSSR count). The number of fused-ring (bicyclic) bond motifs is 1. The number of nitrogens with two attached hydrogens (primary N) is 1. The lowest BCUT2D eigenvalue weighted by Crippen LogP contribution is -2.24. The number of hydrazone groups is 1. The number of thiocarbonyl (C=S) groups is 1. The number of halogens is 3. The molecular weight excluding hydrogens is 553 g/mol. The Morgan fingerprint density at radius 2 is 1.83 bits per heavy atom. The predicted octanol–water partition coefficient (Wildman–Crippen LogP) is 5.84. The van der Waals surface area contributed by atoms with Gasteiger partial charge in [0.05, 0.1) is 18.3 Å². The molecule has 0 aliphatic rings. The van der Waals surface area contributed by atoms with Gasteiger partial charge >= 0.3 is 6.36 Å². The number of hydrogen-bond acceptors (Lipinski definition) is 5. The second-order valence-corrected chi connectivity index (χ2v) is 9.74. The summed E-state index contributed by atoms with van der Waals surface area (Å²) in [6.45, 7) is 4.40. The van der Waals surface area contributed by atoms with E-state index in [4.69, 9.17) is 18.0 Å². The van der Waals surface area contributed by atoms with E-state index in [0.717, 1.165) is 27.7 Å². The van der Waals surface area contributed by atoms with Crippen LogP contribution in [0.5, 0.6) is 5.75 Å². The average Bonchev–Trinajstić information content (AvgIpc) is 3.21. The zero-order chi connectivity index (χ0) is 29.6. The number of aryl methyl sites for hydroxylation is 1. The number of guanidine groups is 1. The fourth-order valence-electron chi connectivity index (χ4n) is 4.01. The number of aromatic nitrogens is 2. The molecule has 0 amide bonds. The van der Waals surface area contributed by atoms with Crippen molar-refractivity contribution in [3.05, 3.63) is 83.4 Å². The molecule has 41 heavy (non-hydrogen) atoms. The van der Waals surface area contributed by atoms with Gasteiger partial charge in [0, 0.05) is 18.1 Å². The van der Waals surface area contributed by atoms with E-state index in [-0.39, 0.29) is 18.3 Å². The van der Waals surface area contributed by atoms with Crippen molar-refractivity contribution in [1.82, 2.24) is 15.2 Å². The standard InChI is InChI=1S/C28H29F3N8OS/c1-17(2)21-6-4-5-7-23(21)35-27(41)37-34-16-19-10-13-22-24(14-19)39(3)38-25(22)36-26(32)33-15-18-8-11-20(12-9-18)40-28(29,30)31/h4-14,16-17H,15H2,1-3H3,(H2,35,37,41)(H3,32,33,36,38)/b34-16+. The minimum atomic E-state index is -4.74. The van der Waals surface area contributed by atoms with Crippen LogP contribution in [-0.2, 0) is 13.6 Å². The zero-order valence-electron chi connectivity index (χ0n) is 22.5. The molecule has 9 nitrogen and oxygen atoms in total. The van der Waals surface area contributed by atoms with Gasteiger partial charge in [0.2, 0.25) is 0 Å². The third-order valence-corrected chi connectivity index (χ3v) is 6.11. The number of ether oxygens (including phenoxy) is 1. The van der Waals surface area contributed by atoms with E-state index in [1.807, 2.05) is 36.4 Å². The third-order valence-electron chi connectivity index (χ3n) is 5.92. The van der Waals surface area contributed by atoms with Gasteiger partial charge < -0.3 is 21.1 Å². The van der Waals surface area contributed by atoms with E-state index in [1.54, 1.807) is 17.9 Å². The highest BCUT2D eigenvalue weighted by Crippen LogP contribution is 2.25. The molecule has 0 saturated heterocycles. The van der Waals surface area contributed by atoms with Gasteiger partial charge in [-0.3, -0.25) is 10.1 Å². The number of aliphatic imine (C=N–C) groups is 1. The topological polar surface area (TPSA) is 114 Å². The minimum absolute atomic E-state index is 0.107. The molecule has 0 unspecified atom stereocenters. The van der Waals surface area contributed by atoms with Crippen LogP contribution in [0.4, 0.5) is 24.7 Å². The Balaban J connectivity index is 1.37. The van der Waals surface area contributed by atoms with Crippen molar-refractivity contribution in [1.29, 1.82) is 0 Å². The number of benzene rings is 3. The molecule has 0 radical (unpaired) electrons. The first-order chi connectivity index (χ1) is 19.5. The summed E-state index contributed by atoms with van der Waals surface area (Å²) >= 11 is 5.39. The average molecular weight is 583 g/mol. The molecule has 1 aromatic heterocycles. The lowest BCUT2D eigenvalue weighted by Gasteiger charge is -2.14. The van der Waals surface area contributed by atoms with Crippen molar-refractivity contribution in [2.75, 3.05) is 10.6 Å². The molecule has 13 heteroatoms. The second kappa shape index (κ2) is 12.7. The molecule has 0 saturated carbocycles. The van der Waals surface area contributed by atoms with Gasteiger partial charge in [-0.1, -0.05) is 50.2 Å². The summed E-state index contributed by atoms with van der Waals surface area (Å²) in [5.74, 6) is 0.659. The first-order valence-electron chi connectivity index (χ1n) is 12.6. The van der Waals surface area contributed by atoms with Crippen molar-refractivity contribution in [3.63, 3.8) is 0 Å². The van der Waals surface area contributed by atoms with Crippen LogP contribution in [-0.4, -0.2) is 33.4 Å². The lowest BCUT2D eigenvalue weighted by atomic mass is 10.0. The Kier molecular flexibility index (Phi) is 9.07. The summed E-state index contributed by atoms with van der Waals surface area (Å²) in [6, 6.07) is 19.1. The first kappa shape index (κ1) is 29.3. The summed E-state index contributed by atoms with van der Waals surface area (Å²) in [4.78, 5) is 4.25. The summed E-state index contributed by atoms with van der Waals surface area (Å²) in [7, 11) is 1.80. The van der Waals surface area contributed by atoms with Crippen LogP contribution in [0.25, 0.3) is 10.9 Å². The maximum atomic E-state index is 12.3. The third kappa shape index (κ3) is 8.18. The Hall–Kier alpha value is -4.65. The second-order valence-electron chi connectivity index (χ2n) is 9.33. The van der Waals surface area contributed by atoms with E-state index in [9.17, 15) is 13.2 Å². The highest BCUT2D eigenvalue weighted by atomic mass is 32.1. The summed E-state index contributed by atoms with van der Waals surface area (Å²) in [6.07, 6.45) is -3.09. The zero-order valence-corrected chi connectivity index (χ0v) is 23.3. The molecule has 0 aliphatic heterocycles. The molecule has 5 N–H and O–H groups in total. The van der Waals surface area contributed by atoms with Gasteiger partial charge in [0.15, 0.2) is 16.9 Å². The first-order valence-corrected chi connectivity index (χ1v) is 13.0. The van der Waals surface area contributed by atoms with Crippen molar-refractivity contribution in [2.24, 2.45) is 22.9 Å². The van der Waals surface area contributed by atoms with E-state index in [2.05, 4.69) is 55.9 Å². The number of nitrogens with zero attached hydrogens (tertiary/aromatic N) is 4. The van der Waals surface area contributed by atoms with Crippen molar-refractivity contribution < 1.29 is 17.9 Å². The smallest absolute Gasteiger partial charge is 0.406 e. The molecule has 1 heterocycles. The predicted molar refractivity (Wildman–Crippen MR) is 160 cm³/mol.